The SMILES string of the molecule is CC(=O)Nc1cccc(NC(=O)c2ccc(OCC(F)(F)F)nc2)c1. The van der Waals surface area contributed by atoms with Crippen LogP contribution in [0.3, 0.4) is 0 Å². The van der Waals surface area contributed by atoms with E-state index in [1.54, 1.807) is 24.3 Å². The summed E-state index contributed by atoms with van der Waals surface area (Å²) in [6.45, 7) is -0.0964. The van der Waals surface area contributed by atoms with Gasteiger partial charge in [-0.2, -0.15) is 13.2 Å². The third-order valence-corrected chi connectivity index (χ3v) is 2.82. The fraction of sp³-hybridized carbons (Fsp3) is 0.188. The molecule has 0 bridgehead atoms. The predicted octanol–water partition coefficient (Wildman–Crippen LogP) is 3.23. The van der Waals surface area contributed by atoms with E-state index in [4.69, 9.17) is 0 Å². The number of carbonyl (C=O) groups is 2. The number of rotatable bonds is 5. The van der Waals surface area contributed by atoms with E-state index in [9.17, 15) is 22.8 Å². The van der Waals surface area contributed by atoms with Crippen LogP contribution in [0.2, 0.25) is 0 Å². The Hall–Kier alpha value is -3.10. The molecule has 1 heterocycles. The van der Waals surface area contributed by atoms with Crippen molar-refractivity contribution in [3.63, 3.8) is 0 Å². The Labute approximate surface area is 141 Å². The number of amides is 2. The topological polar surface area (TPSA) is 80.3 Å². The zero-order chi connectivity index (χ0) is 18.4. The summed E-state index contributed by atoms with van der Waals surface area (Å²) in [4.78, 5) is 26.8. The summed E-state index contributed by atoms with van der Waals surface area (Å²) >= 11 is 0. The lowest BCUT2D eigenvalue weighted by Gasteiger charge is -2.09. The molecule has 6 nitrogen and oxygen atoms in total. The van der Waals surface area contributed by atoms with Crippen LogP contribution in [0.4, 0.5) is 24.5 Å². The van der Waals surface area contributed by atoms with Gasteiger partial charge in [0.1, 0.15) is 0 Å². The first-order valence-electron chi connectivity index (χ1n) is 7.07. The highest BCUT2D eigenvalue weighted by Crippen LogP contribution is 2.18. The number of ether oxygens (including phenoxy) is 1. The van der Waals surface area contributed by atoms with Crippen molar-refractivity contribution in [2.24, 2.45) is 0 Å². The summed E-state index contributed by atoms with van der Waals surface area (Å²) < 4.78 is 40.6. The van der Waals surface area contributed by atoms with Gasteiger partial charge in [0.15, 0.2) is 6.61 Å². The second-order valence-electron chi connectivity index (χ2n) is 5.01. The Morgan fingerprint density at radius 3 is 2.36 bits per heavy atom. The Morgan fingerprint density at radius 1 is 1.12 bits per heavy atom. The summed E-state index contributed by atoms with van der Waals surface area (Å²) in [5.41, 5.74) is 1.09. The third kappa shape index (κ3) is 6.13. The Balaban J connectivity index is 2.00. The van der Waals surface area contributed by atoms with Gasteiger partial charge in [0.2, 0.25) is 11.8 Å². The molecule has 0 fully saturated rings. The molecule has 2 rings (SSSR count). The molecule has 1 aromatic heterocycles. The van der Waals surface area contributed by atoms with Crippen LogP contribution in [-0.2, 0) is 4.79 Å². The highest BCUT2D eigenvalue weighted by atomic mass is 19.4. The van der Waals surface area contributed by atoms with Crippen LogP contribution in [0.25, 0.3) is 0 Å². The van der Waals surface area contributed by atoms with Crippen molar-refractivity contribution in [1.82, 2.24) is 4.98 Å². The number of pyridine rings is 1. The van der Waals surface area contributed by atoms with Crippen molar-refractivity contribution in [2.75, 3.05) is 17.2 Å². The van der Waals surface area contributed by atoms with Gasteiger partial charge in [-0.25, -0.2) is 4.98 Å². The van der Waals surface area contributed by atoms with Crippen molar-refractivity contribution >= 4 is 23.2 Å². The van der Waals surface area contributed by atoms with E-state index in [2.05, 4.69) is 20.4 Å². The van der Waals surface area contributed by atoms with Gasteiger partial charge >= 0.3 is 6.18 Å². The van der Waals surface area contributed by atoms with Gasteiger partial charge in [0.25, 0.3) is 5.91 Å². The Morgan fingerprint density at radius 2 is 1.80 bits per heavy atom. The summed E-state index contributed by atoms with van der Waals surface area (Å²) in [5.74, 6) is -0.988. The van der Waals surface area contributed by atoms with Crippen LogP contribution >= 0.6 is 0 Å². The first kappa shape index (κ1) is 18.2. The van der Waals surface area contributed by atoms with Crippen LogP contribution < -0.4 is 15.4 Å². The minimum Gasteiger partial charge on any atom is -0.468 e. The molecule has 2 aromatic rings. The molecule has 0 aliphatic rings. The molecule has 2 N–H and O–H groups in total. The molecular formula is C16H14F3N3O3. The first-order chi connectivity index (χ1) is 11.7. The van der Waals surface area contributed by atoms with Crippen molar-refractivity contribution in [3.05, 3.63) is 48.2 Å². The van der Waals surface area contributed by atoms with Gasteiger partial charge in [-0.05, 0) is 24.3 Å². The van der Waals surface area contributed by atoms with Crippen LogP contribution in [0.15, 0.2) is 42.6 Å². The minimum absolute atomic E-state index is 0.143. The lowest BCUT2D eigenvalue weighted by atomic mass is 10.2. The van der Waals surface area contributed by atoms with Gasteiger partial charge in [0.05, 0.1) is 5.56 Å². The van der Waals surface area contributed by atoms with Crippen LogP contribution in [0.1, 0.15) is 17.3 Å². The summed E-state index contributed by atoms with van der Waals surface area (Å²) in [7, 11) is 0. The standard InChI is InChI=1S/C16H14F3N3O3/c1-10(23)21-12-3-2-4-13(7-12)22-15(24)11-5-6-14(20-8-11)25-9-16(17,18)19/h2-8H,9H2,1H3,(H,21,23)(H,22,24). The van der Waals surface area contributed by atoms with Gasteiger partial charge in [-0.15, -0.1) is 0 Å². The summed E-state index contributed by atoms with van der Waals surface area (Å²) in [6.07, 6.45) is -3.35. The van der Waals surface area contributed by atoms with Crippen LogP contribution in [0, 0.1) is 0 Å². The largest absolute Gasteiger partial charge is 0.468 e. The number of nitrogens with one attached hydrogen (secondary N) is 2. The third-order valence-electron chi connectivity index (χ3n) is 2.82. The fourth-order valence-corrected chi connectivity index (χ4v) is 1.84. The highest BCUT2D eigenvalue weighted by Gasteiger charge is 2.28. The Kier molecular flexibility index (Phi) is 5.58. The first-order valence-corrected chi connectivity index (χ1v) is 7.07. The maximum Gasteiger partial charge on any atom is 0.422 e. The molecule has 25 heavy (non-hydrogen) atoms. The zero-order valence-corrected chi connectivity index (χ0v) is 13.1. The van der Waals surface area contributed by atoms with Crippen molar-refractivity contribution in [2.45, 2.75) is 13.1 Å². The van der Waals surface area contributed by atoms with E-state index in [1.807, 2.05) is 0 Å². The molecule has 0 radical (unpaired) electrons. The van der Waals surface area contributed by atoms with E-state index < -0.39 is 18.7 Å². The molecule has 0 atom stereocenters. The molecule has 0 aliphatic heterocycles. The second-order valence-corrected chi connectivity index (χ2v) is 5.01. The minimum atomic E-state index is -4.46. The maximum atomic E-state index is 12.1. The molecule has 1 aromatic carbocycles. The zero-order valence-electron chi connectivity index (χ0n) is 13.1. The maximum absolute atomic E-state index is 12.1. The summed E-state index contributed by atoms with van der Waals surface area (Å²) in [5, 5.41) is 5.18. The predicted molar refractivity (Wildman–Crippen MR) is 84.5 cm³/mol. The van der Waals surface area contributed by atoms with Crippen LogP contribution in [0.5, 0.6) is 5.88 Å². The molecule has 0 aliphatic carbocycles. The van der Waals surface area contributed by atoms with Gasteiger partial charge in [-0.1, -0.05) is 6.07 Å². The monoisotopic (exact) mass is 353 g/mol. The number of halogens is 3. The molecule has 9 heteroatoms. The number of anilines is 2. The average Bonchev–Trinajstić information content (AvgIpc) is 2.52. The Bertz CT molecular complexity index is 761. The van der Waals surface area contributed by atoms with E-state index in [0.717, 1.165) is 6.20 Å². The van der Waals surface area contributed by atoms with E-state index in [0.29, 0.717) is 11.4 Å². The van der Waals surface area contributed by atoms with Crippen molar-refractivity contribution in [1.29, 1.82) is 0 Å². The molecule has 0 spiro atoms. The highest BCUT2D eigenvalue weighted by molar-refractivity contribution is 6.04. The number of alkyl halides is 3. The number of benzene rings is 1. The van der Waals surface area contributed by atoms with Gasteiger partial charge in [-0.3, -0.25) is 9.59 Å². The normalized spacial score (nSPS) is 10.9. The van der Waals surface area contributed by atoms with E-state index >= 15 is 0 Å². The smallest absolute Gasteiger partial charge is 0.422 e. The number of hydrogen-bond acceptors (Lipinski definition) is 4. The molecule has 2 amide bonds. The fourth-order valence-electron chi connectivity index (χ4n) is 1.84. The number of carbonyl (C=O) groups excluding carboxylic acids is 2. The van der Waals surface area contributed by atoms with Gasteiger partial charge < -0.3 is 15.4 Å². The quantitative estimate of drug-likeness (QED) is 0.865. The average molecular weight is 353 g/mol. The molecule has 0 saturated heterocycles. The van der Waals surface area contributed by atoms with E-state index in [1.165, 1.54) is 19.1 Å². The lowest BCUT2D eigenvalue weighted by molar-refractivity contribution is -0.154. The van der Waals surface area contributed by atoms with E-state index in [-0.39, 0.29) is 17.4 Å². The lowest BCUT2D eigenvalue weighted by Crippen LogP contribution is -2.19. The summed E-state index contributed by atoms with van der Waals surface area (Å²) in [6, 6.07) is 8.96. The number of aromatic nitrogens is 1. The molecule has 0 saturated carbocycles. The van der Waals surface area contributed by atoms with Crippen molar-refractivity contribution in [3.8, 4) is 5.88 Å². The molecular weight excluding hydrogens is 339 g/mol. The second kappa shape index (κ2) is 7.65. The molecule has 0 unspecified atom stereocenters. The number of nitrogens with zero attached hydrogens (tertiary/aromatic N) is 1. The number of hydrogen-bond donors (Lipinski definition) is 2. The van der Waals surface area contributed by atoms with Gasteiger partial charge in [0, 0.05) is 30.6 Å². The molecule has 132 valence electrons. The van der Waals surface area contributed by atoms with Crippen molar-refractivity contribution < 1.29 is 27.5 Å². The van der Waals surface area contributed by atoms with Crippen LogP contribution in [-0.4, -0.2) is 29.6 Å².